The summed E-state index contributed by atoms with van der Waals surface area (Å²) in [5.74, 6) is 0. The van der Waals surface area contributed by atoms with Crippen LogP contribution >= 0.6 is 0 Å². The van der Waals surface area contributed by atoms with E-state index in [0.717, 1.165) is 5.69 Å². The monoisotopic (exact) mass is 232 g/mol. The Bertz CT molecular complexity index is 510. The summed E-state index contributed by atoms with van der Waals surface area (Å²) in [6.45, 7) is 1.91. The van der Waals surface area contributed by atoms with Crippen LogP contribution < -0.4 is 5.32 Å². The maximum atomic E-state index is 10.8. The van der Waals surface area contributed by atoms with Gasteiger partial charge >= 0.3 is 0 Å². The van der Waals surface area contributed by atoms with Crippen molar-refractivity contribution >= 4 is 11.4 Å². The highest BCUT2D eigenvalue weighted by atomic mass is 16.6. The minimum Gasteiger partial charge on any atom is -0.371 e. The van der Waals surface area contributed by atoms with Gasteiger partial charge in [-0.3, -0.25) is 15.2 Å². The molecule has 6 heteroatoms. The number of nitro groups is 1. The number of nitrogens with one attached hydrogen (secondary N) is 2. The van der Waals surface area contributed by atoms with E-state index in [4.69, 9.17) is 0 Å². The molecular formula is C11H12N4O2. The molecule has 0 saturated carbocycles. The molecule has 2 rings (SSSR count). The zero-order chi connectivity index (χ0) is 12.3. The smallest absolute Gasteiger partial charge is 0.292 e. The Hall–Kier alpha value is -2.37. The van der Waals surface area contributed by atoms with E-state index in [2.05, 4.69) is 15.5 Å². The molecule has 17 heavy (non-hydrogen) atoms. The number of benzene rings is 1. The lowest BCUT2D eigenvalue weighted by Gasteiger charge is -2.13. The summed E-state index contributed by atoms with van der Waals surface area (Å²) in [5.41, 5.74) is 1.45. The molecule has 1 aromatic carbocycles. The van der Waals surface area contributed by atoms with E-state index in [0.29, 0.717) is 5.69 Å². The molecule has 1 atom stereocenters. The Labute approximate surface area is 97.8 Å². The largest absolute Gasteiger partial charge is 0.371 e. The van der Waals surface area contributed by atoms with Crippen molar-refractivity contribution in [3.63, 3.8) is 0 Å². The second kappa shape index (κ2) is 4.65. The van der Waals surface area contributed by atoms with Crippen molar-refractivity contribution in [1.29, 1.82) is 0 Å². The quantitative estimate of drug-likeness (QED) is 0.626. The molecule has 1 aromatic heterocycles. The van der Waals surface area contributed by atoms with Gasteiger partial charge < -0.3 is 5.32 Å². The summed E-state index contributed by atoms with van der Waals surface area (Å²) in [6.07, 6.45) is 1.65. The van der Waals surface area contributed by atoms with Gasteiger partial charge in [-0.05, 0) is 19.1 Å². The van der Waals surface area contributed by atoms with Crippen LogP contribution in [0.3, 0.4) is 0 Å². The summed E-state index contributed by atoms with van der Waals surface area (Å²) in [6, 6.07) is 8.32. The summed E-state index contributed by atoms with van der Waals surface area (Å²) >= 11 is 0. The van der Waals surface area contributed by atoms with Crippen LogP contribution in [-0.4, -0.2) is 15.1 Å². The van der Waals surface area contributed by atoms with Crippen LogP contribution in [0.5, 0.6) is 0 Å². The minimum atomic E-state index is -0.401. The lowest BCUT2D eigenvalue weighted by Crippen LogP contribution is -2.08. The first kappa shape index (κ1) is 11.1. The SMILES string of the molecule is CC(Nc1ccccc1[N+](=O)[O-])c1ccn[nH]1. The molecule has 0 radical (unpaired) electrons. The molecule has 0 aliphatic heterocycles. The molecule has 0 saturated heterocycles. The fourth-order valence-electron chi connectivity index (χ4n) is 1.57. The molecule has 0 bridgehead atoms. The minimum absolute atomic E-state index is 0.0684. The van der Waals surface area contributed by atoms with E-state index in [1.165, 1.54) is 6.07 Å². The van der Waals surface area contributed by atoms with E-state index in [-0.39, 0.29) is 11.7 Å². The van der Waals surface area contributed by atoms with Gasteiger partial charge in [-0.25, -0.2) is 0 Å². The lowest BCUT2D eigenvalue weighted by molar-refractivity contribution is -0.384. The number of para-hydroxylation sites is 2. The third kappa shape index (κ3) is 2.41. The molecule has 0 fully saturated rings. The van der Waals surface area contributed by atoms with Crippen molar-refractivity contribution in [2.75, 3.05) is 5.32 Å². The van der Waals surface area contributed by atoms with E-state index in [9.17, 15) is 10.1 Å². The summed E-state index contributed by atoms with van der Waals surface area (Å²) < 4.78 is 0. The molecule has 0 aliphatic carbocycles. The van der Waals surface area contributed by atoms with E-state index in [1.54, 1.807) is 24.4 Å². The fraction of sp³-hybridized carbons (Fsp3) is 0.182. The van der Waals surface area contributed by atoms with Gasteiger partial charge in [0, 0.05) is 12.3 Å². The number of nitro benzene ring substituents is 1. The van der Waals surface area contributed by atoms with Crippen LogP contribution in [0, 0.1) is 10.1 Å². The van der Waals surface area contributed by atoms with Crippen LogP contribution in [-0.2, 0) is 0 Å². The molecule has 0 amide bonds. The number of rotatable bonds is 4. The number of aromatic amines is 1. The lowest BCUT2D eigenvalue weighted by atomic mass is 10.2. The van der Waals surface area contributed by atoms with E-state index >= 15 is 0 Å². The second-order valence-electron chi connectivity index (χ2n) is 3.65. The fourth-order valence-corrected chi connectivity index (χ4v) is 1.57. The number of hydrogen-bond acceptors (Lipinski definition) is 4. The first-order valence-corrected chi connectivity index (χ1v) is 5.17. The van der Waals surface area contributed by atoms with Gasteiger partial charge in [-0.2, -0.15) is 5.10 Å². The number of nitrogens with zero attached hydrogens (tertiary/aromatic N) is 2. The van der Waals surface area contributed by atoms with Gasteiger partial charge in [0.1, 0.15) is 5.69 Å². The molecule has 1 heterocycles. The predicted molar refractivity (Wildman–Crippen MR) is 63.7 cm³/mol. The number of anilines is 1. The van der Waals surface area contributed by atoms with Gasteiger partial charge in [-0.15, -0.1) is 0 Å². The Morgan fingerprint density at radius 3 is 2.82 bits per heavy atom. The summed E-state index contributed by atoms with van der Waals surface area (Å²) in [5, 5.41) is 20.6. The van der Waals surface area contributed by atoms with E-state index in [1.807, 2.05) is 13.0 Å². The van der Waals surface area contributed by atoms with Gasteiger partial charge in [0.25, 0.3) is 5.69 Å². The van der Waals surface area contributed by atoms with Crippen molar-refractivity contribution in [3.8, 4) is 0 Å². The van der Waals surface area contributed by atoms with Crippen molar-refractivity contribution in [1.82, 2.24) is 10.2 Å². The molecule has 6 nitrogen and oxygen atoms in total. The third-order valence-corrected chi connectivity index (χ3v) is 2.46. The van der Waals surface area contributed by atoms with Crippen LogP contribution in [0.15, 0.2) is 36.5 Å². The van der Waals surface area contributed by atoms with Gasteiger partial charge in [-0.1, -0.05) is 12.1 Å². The van der Waals surface area contributed by atoms with Crippen LogP contribution in [0.4, 0.5) is 11.4 Å². The van der Waals surface area contributed by atoms with Crippen LogP contribution in [0.1, 0.15) is 18.7 Å². The highest BCUT2D eigenvalue weighted by molar-refractivity contribution is 5.61. The average Bonchev–Trinajstić information content (AvgIpc) is 2.83. The van der Waals surface area contributed by atoms with Crippen molar-refractivity contribution in [2.24, 2.45) is 0 Å². The first-order chi connectivity index (χ1) is 8.18. The average molecular weight is 232 g/mol. The maximum Gasteiger partial charge on any atom is 0.292 e. The Kier molecular flexibility index (Phi) is 3.04. The second-order valence-corrected chi connectivity index (χ2v) is 3.65. The molecule has 1 unspecified atom stereocenters. The van der Waals surface area contributed by atoms with Gasteiger partial charge in [0.05, 0.1) is 16.7 Å². The highest BCUT2D eigenvalue weighted by Crippen LogP contribution is 2.26. The van der Waals surface area contributed by atoms with Crippen LogP contribution in [0.2, 0.25) is 0 Å². The molecule has 2 aromatic rings. The van der Waals surface area contributed by atoms with Crippen molar-refractivity contribution in [3.05, 3.63) is 52.3 Å². The molecular weight excluding hydrogens is 220 g/mol. The Morgan fingerprint density at radius 1 is 1.41 bits per heavy atom. The van der Waals surface area contributed by atoms with Crippen LogP contribution in [0.25, 0.3) is 0 Å². The Balaban J connectivity index is 2.21. The summed E-state index contributed by atoms with van der Waals surface area (Å²) in [4.78, 5) is 10.4. The number of H-pyrrole nitrogens is 1. The van der Waals surface area contributed by atoms with Crippen molar-refractivity contribution < 1.29 is 4.92 Å². The zero-order valence-electron chi connectivity index (χ0n) is 9.25. The predicted octanol–water partition coefficient (Wildman–Crippen LogP) is 2.49. The number of aromatic nitrogens is 2. The maximum absolute atomic E-state index is 10.8. The molecule has 0 aliphatic rings. The highest BCUT2D eigenvalue weighted by Gasteiger charge is 2.15. The molecule has 0 spiro atoms. The van der Waals surface area contributed by atoms with Crippen molar-refractivity contribution in [2.45, 2.75) is 13.0 Å². The topological polar surface area (TPSA) is 83.8 Å². The number of hydrogen-bond donors (Lipinski definition) is 2. The molecule has 2 N–H and O–H groups in total. The first-order valence-electron chi connectivity index (χ1n) is 5.17. The third-order valence-electron chi connectivity index (χ3n) is 2.46. The summed E-state index contributed by atoms with van der Waals surface area (Å²) in [7, 11) is 0. The molecule has 88 valence electrons. The Morgan fingerprint density at radius 2 is 2.18 bits per heavy atom. The van der Waals surface area contributed by atoms with Gasteiger partial charge in [0.15, 0.2) is 0 Å². The normalized spacial score (nSPS) is 12.1. The standard InChI is InChI=1S/C11H12N4O2/c1-8(9-6-7-12-14-9)13-10-4-2-3-5-11(10)15(16)17/h2-8,13H,1H3,(H,12,14). The van der Waals surface area contributed by atoms with Gasteiger partial charge in [0.2, 0.25) is 0 Å². The zero-order valence-corrected chi connectivity index (χ0v) is 9.25. The van der Waals surface area contributed by atoms with E-state index < -0.39 is 4.92 Å².